The van der Waals surface area contributed by atoms with Crippen molar-refractivity contribution in [3.05, 3.63) is 57.0 Å². The summed E-state index contributed by atoms with van der Waals surface area (Å²) in [4.78, 5) is 21.9. The number of halogens is 3. The highest BCUT2D eigenvalue weighted by molar-refractivity contribution is 7.71. The van der Waals surface area contributed by atoms with Gasteiger partial charge in [-0.15, -0.1) is 0 Å². The van der Waals surface area contributed by atoms with Gasteiger partial charge in [-0.05, 0) is 49.3 Å². The lowest BCUT2D eigenvalue weighted by molar-refractivity contribution is -0.183. The van der Waals surface area contributed by atoms with E-state index >= 15 is 0 Å². The van der Waals surface area contributed by atoms with Gasteiger partial charge in [-0.3, -0.25) is 14.8 Å². The van der Waals surface area contributed by atoms with Gasteiger partial charge in [0.2, 0.25) is 0 Å². The van der Waals surface area contributed by atoms with Crippen LogP contribution in [0, 0.1) is 10.7 Å². The number of rotatable bonds is 3. The zero-order valence-electron chi connectivity index (χ0n) is 14.7. The fraction of sp³-hybridized carbons (Fsp3) is 0.389. The van der Waals surface area contributed by atoms with Gasteiger partial charge in [0, 0.05) is 18.4 Å². The van der Waals surface area contributed by atoms with Crippen LogP contribution in [0.2, 0.25) is 0 Å². The first-order valence-electron chi connectivity index (χ1n) is 8.88. The van der Waals surface area contributed by atoms with E-state index in [1.165, 1.54) is 0 Å². The predicted octanol–water partition coefficient (Wildman–Crippen LogP) is 3.43. The van der Waals surface area contributed by atoms with Crippen molar-refractivity contribution in [1.82, 2.24) is 24.8 Å². The molecule has 1 saturated heterocycles. The first-order chi connectivity index (χ1) is 13.3. The van der Waals surface area contributed by atoms with Crippen molar-refractivity contribution in [2.75, 3.05) is 6.54 Å². The molecule has 10 heteroatoms. The van der Waals surface area contributed by atoms with Crippen molar-refractivity contribution in [1.29, 1.82) is 0 Å². The summed E-state index contributed by atoms with van der Waals surface area (Å²) in [6.45, 7) is 0.540. The number of aromatic amines is 2. The number of fused-ring (bicyclic) bond motifs is 1. The minimum absolute atomic E-state index is 0.0290. The third kappa shape index (κ3) is 3.49. The lowest BCUT2D eigenvalue weighted by Gasteiger charge is -2.32. The molecule has 148 valence electrons. The van der Waals surface area contributed by atoms with Crippen LogP contribution in [-0.4, -0.2) is 32.2 Å². The van der Waals surface area contributed by atoms with Crippen molar-refractivity contribution in [3.8, 4) is 0 Å². The van der Waals surface area contributed by atoms with E-state index < -0.39 is 18.1 Å². The van der Waals surface area contributed by atoms with E-state index in [9.17, 15) is 18.0 Å². The van der Waals surface area contributed by atoms with Gasteiger partial charge in [0.05, 0.1) is 23.7 Å². The molecule has 3 aromatic heterocycles. The molecule has 1 aliphatic heterocycles. The Morgan fingerprint density at radius 1 is 1.32 bits per heavy atom. The molecule has 0 aliphatic carbocycles. The van der Waals surface area contributed by atoms with Gasteiger partial charge in [0.25, 0.3) is 5.56 Å². The summed E-state index contributed by atoms with van der Waals surface area (Å²) in [7, 11) is 0. The van der Waals surface area contributed by atoms with Gasteiger partial charge in [-0.1, -0.05) is 6.07 Å². The molecule has 1 aliphatic rings. The molecule has 0 aromatic carbocycles. The Kier molecular flexibility index (Phi) is 4.84. The third-order valence-corrected chi connectivity index (χ3v) is 5.51. The van der Waals surface area contributed by atoms with Gasteiger partial charge in [0.15, 0.2) is 4.77 Å². The van der Waals surface area contributed by atoms with Crippen LogP contribution in [0.25, 0.3) is 11.0 Å². The van der Waals surface area contributed by atoms with Gasteiger partial charge in [0.1, 0.15) is 5.52 Å². The Morgan fingerprint density at radius 2 is 2.14 bits per heavy atom. The summed E-state index contributed by atoms with van der Waals surface area (Å²) in [6, 6.07) is 4.81. The zero-order chi connectivity index (χ0) is 19.9. The van der Waals surface area contributed by atoms with Crippen LogP contribution >= 0.6 is 12.2 Å². The van der Waals surface area contributed by atoms with E-state index in [-0.39, 0.29) is 29.7 Å². The van der Waals surface area contributed by atoms with Crippen LogP contribution in [0.4, 0.5) is 13.2 Å². The standard InChI is InChI=1S/C18H18F3N5OS/c19-18(20,21)10-3-6-23-12(8-10)11-2-1-5-22-13(11)9-26-14-4-7-24-15(14)16(27)25-17(26)28/h1-2,4-5,7,10,12,23-24H,3,6,8-9H2,(H,25,27,28)/t10-,12+/m1/s1. The van der Waals surface area contributed by atoms with Gasteiger partial charge in [-0.2, -0.15) is 13.2 Å². The molecule has 4 heterocycles. The molecule has 3 N–H and O–H groups in total. The Labute approximate surface area is 162 Å². The molecule has 1 fully saturated rings. The van der Waals surface area contributed by atoms with E-state index in [0.29, 0.717) is 28.8 Å². The second-order valence-corrected chi connectivity index (χ2v) is 7.28. The Bertz CT molecular complexity index is 1120. The van der Waals surface area contributed by atoms with Crippen LogP contribution in [0.5, 0.6) is 0 Å². The molecule has 2 atom stereocenters. The summed E-state index contributed by atoms with van der Waals surface area (Å²) in [6.07, 6.45) is -0.918. The lowest BCUT2D eigenvalue weighted by Crippen LogP contribution is -2.38. The summed E-state index contributed by atoms with van der Waals surface area (Å²) in [5.41, 5.74) is 2.03. The summed E-state index contributed by atoms with van der Waals surface area (Å²) in [5.74, 6) is -1.33. The van der Waals surface area contributed by atoms with Crippen molar-refractivity contribution in [3.63, 3.8) is 0 Å². The monoisotopic (exact) mass is 409 g/mol. The van der Waals surface area contributed by atoms with Gasteiger partial charge < -0.3 is 14.9 Å². The average molecular weight is 409 g/mol. The van der Waals surface area contributed by atoms with E-state index in [0.717, 1.165) is 0 Å². The number of hydrogen-bond donors (Lipinski definition) is 3. The number of piperidine rings is 1. The normalized spacial score (nSPS) is 20.5. The van der Waals surface area contributed by atoms with Crippen molar-refractivity contribution in [2.24, 2.45) is 5.92 Å². The summed E-state index contributed by atoms with van der Waals surface area (Å²) >= 11 is 5.30. The Balaban J connectivity index is 1.71. The van der Waals surface area contributed by atoms with Gasteiger partial charge >= 0.3 is 6.18 Å². The minimum Gasteiger partial charge on any atom is -0.355 e. The summed E-state index contributed by atoms with van der Waals surface area (Å²) in [5, 5.41) is 3.18. The van der Waals surface area contributed by atoms with Crippen molar-refractivity contribution >= 4 is 23.3 Å². The second kappa shape index (κ2) is 7.17. The number of nitrogens with one attached hydrogen (secondary N) is 3. The molecule has 4 rings (SSSR count). The molecule has 3 aromatic rings. The smallest absolute Gasteiger partial charge is 0.355 e. The topological polar surface area (TPSA) is 78.5 Å². The van der Waals surface area contributed by atoms with Crippen LogP contribution in [0.3, 0.4) is 0 Å². The van der Waals surface area contributed by atoms with Crippen molar-refractivity contribution < 1.29 is 13.2 Å². The van der Waals surface area contributed by atoms with E-state index in [1.54, 1.807) is 35.2 Å². The molecule has 0 spiro atoms. The molecule has 0 radical (unpaired) electrons. The first kappa shape index (κ1) is 18.9. The van der Waals surface area contributed by atoms with Crippen LogP contribution < -0.4 is 10.9 Å². The first-order valence-corrected chi connectivity index (χ1v) is 9.29. The fourth-order valence-corrected chi connectivity index (χ4v) is 4.02. The Morgan fingerprint density at radius 3 is 2.93 bits per heavy atom. The van der Waals surface area contributed by atoms with Crippen molar-refractivity contribution in [2.45, 2.75) is 31.6 Å². The van der Waals surface area contributed by atoms with Crippen LogP contribution in [0.1, 0.15) is 30.1 Å². The van der Waals surface area contributed by atoms with E-state index in [1.807, 2.05) is 0 Å². The van der Waals surface area contributed by atoms with Gasteiger partial charge in [-0.25, -0.2) is 0 Å². The quantitative estimate of drug-likeness (QED) is 0.579. The second-order valence-electron chi connectivity index (χ2n) is 6.89. The summed E-state index contributed by atoms with van der Waals surface area (Å²) < 4.78 is 41.6. The fourth-order valence-electron chi connectivity index (χ4n) is 3.76. The predicted molar refractivity (Wildman–Crippen MR) is 101 cm³/mol. The van der Waals surface area contributed by atoms with E-state index in [4.69, 9.17) is 12.2 Å². The van der Waals surface area contributed by atoms with E-state index in [2.05, 4.69) is 20.3 Å². The lowest BCUT2D eigenvalue weighted by atomic mass is 9.87. The number of alkyl halides is 3. The highest BCUT2D eigenvalue weighted by Crippen LogP contribution is 2.38. The molecular formula is C18H18F3N5OS. The maximum atomic E-state index is 13.2. The largest absolute Gasteiger partial charge is 0.391 e. The highest BCUT2D eigenvalue weighted by atomic mass is 32.1. The maximum Gasteiger partial charge on any atom is 0.391 e. The molecule has 6 nitrogen and oxygen atoms in total. The molecular weight excluding hydrogens is 391 g/mol. The average Bonchev–Trinajstić information content (AvgIpc) is 3.15. The number of nitrogens with zero attached hydrogens (tertiary/aromatic N) is 2. The SMILES string of the molecule is O=c1[nH]c(=S)n(Cc2ncccc2[C@@H]2C[C@H](C(F)(F)F)CCN2)c2cc[nH]c12. The Hall–Kier alpha value is -2.46. The third-order valence-electron chi connectivity index (χ3n) is 5.18. The molecule has 0 unspecified atom stereocenters. The number of hydrogen-bond acceptors (Lipinski definition) is 4. The zero-order valence-corrected chi connectivity index (χ0v) is 15.5. The maximum absolute atomic E-state index is 13.2. The highest BCUT2D eigenvalue weighted by Gasteiger charge is 2.42. The molecule has 0 amide bonds. The number of aromatic nitrogens is 4. The molecule has 0 saturated carbocycles. The minimum atomic E-state index is -4.21. The van der Waals surface area contributed by atoms with Crippen LogP contribution in [0.15, 0.2) is 35.4 Å². The molecule has 28 heavy (non-hydrogen) atoms. The van der Waals surface area contributed by atoms with Crippen LogP contribution in [-0.2, 0) is 6.54 Å². The number of pyridine rings is 1. The number of H-pyrrole nitrogens is 2. The molecule has 0 bridgehead atoms.